The highest BCUT2D eigenvalue weighted by Gasteiger charge is 2.16. The number of alkyl halides is 1. The summed E-state index contributed by atoms with van der Waals surface area (Å²) in [5, 5.41) is -0.440. The Labute approximate surface area is 123 Å². The average molecular weight is 379 g/mol. The Morgan fingerprint density at radius 2 is 1.61 bits per heavy atom. The zero-order chi connectivity index (χ0) is 13.1. The van der Waals surface area contributed by atoms with Gasteiger partial charge in [0, 0.05) is 9.13 Å². The molecule has 0 N–H and O–H groups in total. The summed E-state index contributed by atoms with van der Waals surface area (Å²) in [4.78, 5) is 0. The van der Waals surface area contributed by atoms with Crippen molar-refractivity contribution in [1.29, 1.82) is 0 Å². The second-order valence-corrected chi connectivity index (χ2v) is 5.58. The molecule has 2 aromatic carbocycles. The van der Waals surface area contributed by atoms with Gasteiger partial charge in [-0.05, 0) is 52.8 Å². The van der Waals surface area contributed by atoms with Gasteiger partial charge in [0.25, 0.3) is 0 Å². The van der Waals surface area contributed by atoms with E-state index in [9.17, 15) is 8.78 Å². The first-order valence-electron chi connectivity index (χ1n) is 5.41. The minimum Gasteiger partial charge on any atom is -0.207 e. The van der Waals surface area contributed by atoms with Crippen molar-refractivity contribution in [2.24, 2.45) is 0 Å². The lowest BCUT2D eigenvalue weighted by Gasteiger charge is -2.13. The van der Waals surface area contributed by atoms with E-state index in [1.807, 2.05) is 24.3 Å². The standard InChI is InChI=1S/C14H10ClF2I/c15-11(9-4-1-2-7-14(9)18)8-10-12(16)5-3-6-13(10)17/h1-7,11H,8H2. The molecule has 1 unspecified atom stereocenters. The molecule has 0 aliphatic rings. The van der Waals surface area contributed by atoms with Crippen molar-refractivity contribution in [3.05, 3.63) is 68.8 Å². The fourth-order valence-corrected chi connectivity index (χ4v) is 3.04. The number of halogens is 4. The van der Waals surface area contributed by atoms with Gasteiger partial charge >= 0.3 is 0 Å². The van der Waals surface area contributed by atoms with Gasteiger partial charge in [0.2, 0.25) is 0 Å². The van der Waals surface area contributed by atoms with Crippen LogP contribution in [-0.4, -0.2) is 0 Å². The highest BCUT2D eigenvalue weighted by Crippen LogP contribution is 2.30. The van der Waals surface area contributed by atoms with Crippen LogP contribution in [0.5, 0.6) is 0 Å². The van der Waals surface area contributed by atoms with Crippen molar-refractivity contribution in [3.8, 4) is 0 Å². The van der Waals surface area contributed by atoms with Crippen LogP contribution < -0.4 is 0 Å². The van der Waals surface area contributed by atoms with Crippen molar-refractivity contribution < 1.29 is 8.78 Å². The molecule has 0 spiro atoms. The highest BCUT2D eigenvalue weighted by molar-refractivity contribution is 14.1. The monoisotopic (exact) mass is 378 g/mol. The van der Waals surface area contributed by atoms with Gasteiger partial charge in [-0.25, -0.2) is 8.78 Å². The van der Waals surface area contributed by atoms with Gasteiger partial charge in [0.05, 0.1) is 5.38 Å². The third-order valence-electron chi connectivity index (χ3n) is 2.69. The molecule has 0 amide bonds. The maximum atomic E-state index is 13.5. The lowest BCUT2D eigenvalue weighted by atomic mass is 10.0. The SMILES string of the molecule is Fc1cccc(F)c1CC(Cl)c1ccccc1I. The summed E-state index contributed by atoms with van der Waals surface area (Å²) in [5.74, 6) is -1.10. The molecule has 0 heterocycles. The molecule has 0 fully saturated rings. The first-order valence-corrected chi connectivity index (χ1v) is 6.92. The molecule has 0 bridgehead atoms. The zero-order valence-electron chi connectivity index (χ0n) is 9.34. The first-order chi connectivity index (χ1) is 8.59. The minimum atomic E-state index is -0.549. The predicted octanol–water partition coefficient (Wildman–Crippen LogP) is 5.09. The summed E-state index contributed by atoms with van der Waals surface area (Å²) in [7, 11) is 0. The molecular weight excluding hydrogens is 369 g/mol. The van der Waals surface area contributed by atoms with E-state index in [4.69, 9.17) is 11.6 Å². The fourth-order valence-electron chi connectivity index (χ4n) is 1.75. The fraction of sp³-hybridized carbons (Fsp3) is 0.143. The van der Waals surface area contributed by atoms with Crippen LogP contribution in [0.1, 0.15) is 16.5 Å². The van der Waals surface area contributed by atoms with Crippen LogP contribution in [0.25, 0.3) is 0 Å². The third kappa shape index (κ3) is 3.01. The van der Waals surface area contributed by atoms with E-state index >= 15 is 0 Å². The van der Waals surface area contributed by atoms with E-state index < -0.39 is 17.0 Å². The number of rotatable bonds is 3. The Balaban J connectivity index is 2.27. The van der Waals surface area contributed by atoms with Crippen LogP contribution in [0.3, 0.4) is 0 Å². The van der Waals surface area contributed by atoms with E-state index in [2.05, 4.69) is 22.6 Å². The van der Waals surface area contributed by atoms with Crippen LogP contribution in [0.2, 0.25) is 0 Å². The predicted molar refractivity (Wildman–Crippen MR) is 77.8 cm³/mol. The van der Waals surface area contributed by atoms with Crippen molar-refractivity contribution in [2.75, 3.05) is 0 Å². The van der Waals surface area contributed by atoms with Crippen molar-refractivity contribution in [3.63, 3.8) is 0 Å². The Bertz CT molecular complexity index is 537. The van der Waals surface area contributed by atoms with Crippen LogP contribution in [0, 0.1) is 15.2 Å². The molecule has 0 saturated heterocycles. The average Bonchev–Trinajstić information content (AvgIpc) is 2.34. The van der Waals surface area contributed by atoms with Crippen LogP contribution in [0.15, 0.2) is 42.5 Å². The molecule has 94 valence electrons. The quantitative estimate of drug-likeness (QED) is 0.515. The van der Waals surface area contributed by atoms with Gasteiger partial charge in [0.1, 0.15) is 11.6 Å². The summed E-state index contributed by atoms with van der Waals surface area (Å²) >= 11 is 8.42. The van der Waals surface area contributed by atoms with Crippen LogP contribution in [0.4, 0.5) is 8.78 Å². The van der Waals surface area contributed by atoms with Gasteiger partial charge in [-0.3, -0.25) is 0 Å². The second kappa shape index (κ2) is 5.97. The molecule has 0 aliphatic carbocycles. The Hall–Kier alpha value is -0.680. The molecule has 4 heteroatoms. The molecule has 1 atom stereocenters. The topological polar surface area (TPSA) is 0 Å². The van der Waals surface area contributed by atoms with E-state index in [0.717, 1.165) is 9.13 Å². The van der Waals surface area contributed by atoms with E-state index in [1.54, 1.807) is 0 Å². The molecule has 2 aromatic rings. The lowest BCUT2D eigenvalue weighted by Crippen LogP contribution is -2.03. The summed E-state index contributed by atoms with van der Waals surface area (Å²) in [5.41, 5.74) is 0.930. The van der Waals surface area contributed by atoms with Crippen molar-refractivity contribution in [2.45, 2.75) is 11.8 Å². The summed E-state index contributed by atoms with van der Waals surface area (Å²) in [6.45, 7) is 0. The highest BCUT2D eigenvalue weighted by atomic mass is 127. The molecule has 0 radical (unpaired) electrons. The Morgan fingerprint density at radius 1 is 1.00 bits per heavy atom. The van der Waals surface area contributed by atoms with Gasteiger partial charge < -0.3 is 0 Å². The summed E-state index contributed by atoms with van der Waals surface area (Å²) in [6, 6.07) is 11.4. The van der Waals surface area contributed by atoms with Gasteiger partial charge in [-0.2, -0.15) is 0 Å². The van der Waals surface area contributed by atoms with Crippen molar-refractivity contribution in [1.82, 2.24) is 0 Å². The van der Waals surface area contributed by atoms with Gasteiger partial charge in [0.15, 0.2) is 0 Å². The summed E-state index contributed by atoms with van der Waals surface area (Å²) < 4.78 is 28.0. The molecule has 18 heavy (non-hydrogen) atoms. The molecule has 0 saturated carbocycles. The van der Waals surface area contributed by atoms with E-state index in [-0.39, 0.29) is 12.0 Å². The molecule has 0 aromatic heterocycles. The molecule has 2 rings (SSSR count). The first kappa shape index (κ1) is 13.7. The largest absolute Gasteiger partial charge is 0.207 e. The second-order valence-electron chi connectivity index (χ2n) is 3.89. The third-order valence-corrected chi connectivity index (χ3v) is 4.06. The molecule has 0 nitrogen and oxygen atoms in total. The van der Waals surface area contributed by atoms with Gasteiger partial charge in [-0.1, -0.05) is 24.3 Å². The molecular formula is C14H10ClF2I. The maximum absolute atomic E-state index is 13.5. The number of hydrogen-bond donors (Lipinski definition) is 0. The zero-order valence-corrected chi connectivity index (χ0v) is 12.3. The van der Waals surface area contributed by atoms with E-state index in [1.165, 1.54) is 18.2 Å². The van der Waals surface area contributed by atoms with Gasteiger partial charge in [-0.15, -0.1) is 11.6 Å². The van der Waals surface area contributed by atoms with Crippen molar-refractivity contribution >= 4 is 34.2 Å². The Morgan fingerprint density at radius 3 is 2.22 bits per heavy atom. The molecule has 0 aliphatic heterocycles. The van der Waals surface area contributed by atoms with Crippen LogP contribution in [-0.2, 0) is 6.42 Å². The van der Waals surface area contributed by atoms with Crippen LogP contribution >= 0.6 is 34.2 Å². The lowest BCUT2D eigenvalue weighted by molar-refractivity contribution is 0.553. The number of benzene rings is 2. The maximum Gasteiger partial charge on any atom is 0.129 e. The van der Waals surface area contributed by atoms with E-state index in [0.29, 0.717) is 0 Å². The Kier molecular flexibility index (Phi) is 4.56. The smallest absolute Gasteiger partial charge is 0.129 e. The minimum absolute atomic E-state index is 0.0390. The number of hydrogen-bond acceptors (Lipinski definition) is 0. The summed E-state index contributed by atoms with van der Waals surface area (Å²) in [6.07, 6.45) is 0.139. The normalized spacial score (nSPS) is 12.4.